The summed E-state index contributed by atoms with van der Waals surface area (Å²) in [7, 11) is 0. The van der Waals surface area contributed by atoms with E-state index in [1.54, 1.807) is 37.3 Å². The van der Waals surface area contributed by atoms with E-state index in [0.29, 0.717) is 29.4 Å². The molecule has 3 rings (SSSR count). The number of hydrogen-bond donors (Lipinski definition) is 2. The molecule has 154 valence electrons. The van der Waals surface area contributed by atoms with Crippen LogP contribution in [0.3, 0.4) is 0 Å². The number of carbonyl (C=O) groups excluding carboxylic acids is 2. The highest BCUT2D eigenvalue weighted by Gasteiger charge is 2.19. The van der Waals surface area contributed by atoms with E-state index in [-0.39, 0.29) is 11.8 Å². The minimum absolute atomic E-state index is 0.266. The lowest BCUT2D eigenvalue weighted by atomic mass is 10.1. The number of hydrogen-bond acceptors (Lipinski definition) is 3. The lowest BCUT2D eigenvalue weighted by Crippen LogP contribution is -2.36. The monoisotopic (exact) mass is 422 g/mol. The number of rotatable bonds is 8. The van der Waals surface area contributed by atoms with Crippen LogP contribution >= 0.6 is 11.6 Å². The Hall–Kier alpha value is -3.31. The molecule has 6 heteroatoms. The minimum atomic E-state index is -0.782. The third-order valence-electron chi connectivity index (χ3n) is 4.51. The maximum atomic E-state index is 12.6. The number of amides is 2. The number of ether oxygens (including phenoxy) is 1. The van der Waals surface area contributed by atoms with Crippen LogP contribution in [0.2, 0.25) is 5.02 Å². The summed E-state index contributed by atoms with van der Waals surface area (Å²) in [6.45, 7) is 2.34. The Kier molecular flexibility index (Phi) is 7.46. The summed E-state index contributed by atoms with van der Waals surface area (Å²) >= 11 is 6.12. The van der Waals surface area contributed by atoms with Crippen LogP contribution < -0.4 is 15.4 Å². The van der Waals surface area contributed by atoms with Crippen molar-refractivity contribution in [1.82, 2.24) is 10.6 Å². The van der Waals surface area contributed by atoms with Gasteiger partial charge in [-0.1, -0.05) is 72.3 Å². The van der Waals surface area contributed by atoms with Gasteiger partial charge in [-0.2, -0.15) is 0 Å². The maximum Gasteiger partial charge on any atom is 0.261 e. The topological polar surface area (TPSA) is 67.4 Å². The molecule has 0 bridgehead atoms. The zero-order valence-electron chi connectivity index (χ0n) is 16.6. The van der Waals surface area contributed by atoms with Crippen molar-refractivity contribution in [3.05, 3.63) is 101 Å². The zero-order chi connectivity index (χ0) is 21.3. The average Bonchev–Trinajstić information content (AvgIpc) is 2.77. The van der Waals surface area contributed by atoms with Crippen LogP contribution in [0.1, 0.15) is 28.4 Å². The van der Waals surface area contributed by atoms with Gasteiger partial charge < -0.3 is 15.4 Å². The van der Waals surface area contributed by atoms with E-state index in [0.717, 1.165) is 11.1 Å². The maximum absolute atomic E-state index is 12.6. The van der Waals surface area contributed by atoms with Gasteiger partial charge in [0, 0.05) is 18.1 Å². The average molecular weight is 423 g/mol. The predicted octanol–water partition coefficient (Wildman–Crippen LogP) is 4.35. The Labute approximate surface area is 181 Å². The van der Waals surface area contributed by atoms with E-state index in [1.807, 2.05) is 48.5 Å². The molecule has 2 N–H and O–H groups in total. The molecule has 0 fully saturated rings. The number of nitrogens with one attached hydrogen (secondary N) is 2. The largest absolute Gasteiger partial charge is 0.480 e. The molecule has 0 aromatic heterocycles. The van der Waals surface area contributed by atoms with Gasteiger partial charge >= 0.3 is 0 Å². The first-order valence-corrected chi connectivity index (χ1v) is 10.0. The SMILES string of the molecule is C[C@@H](Oc1ccccc1C(=O)NCc1ccccc1)C(=O)NCc1ccccc1Cl. The molecule has 0 saturated heterocycles. The molecule has 3 aromatic carbocycles. The lowest BCUT2D eigenvalue weighted by Gasteiger charge is -2.17. The summed E-state index contributed by atoms with van der Waals surface area (Å²) in [5.74, 6) is -0.212. The van der Waals surface area contributed by atoms with Gasteiger partial charge in [-0.05, 0) is 36.2 Å². The molecule has 5 nitrogen and oxygen atoms in total. The highest BCUT2D eigenvalue weighted by atomic mass is 35.5. The van der Waals surface area contributed by atoms with Crippen molar-refractivity contribution in [2.45, 2.75) is 26.1 Å². The lowest BCUT2D eigenvalue weighted by molar-refractivity contribution is -0.127. The van der Waals surface area contributed by atoms with E-state index in [9.17, 15) is 9.59 Å². The van der Waals surface area contributed by atoms with Gasteiger partial charge in [-0.15, -0.1) is 0 Å². The molecule has 0 heterocycles. The zero-order valence-corrected chi connectivity index (χ0v) is 17.4. The van der Waals surface area contributed by atoms with Crippen molar-refractivity contribution >= 4 is 23.4 Å². The van der Waals surface area contributed by atoms with Crippen LogP contribution in [0.15, 0.2) is 78.9 Å². The molecule has 0 saturated carbocycles. The second-order valence-electron chi connectivity index (χ2n) is 6.73. The second-order valence-corrected chi connectivity index (χ2v) is 7.14. The second kappa shape index (κ2) is 10.5. The highest BCUT2D eigenvalue weighted by Crippen LogP contribution is 2.20. The molecule has 1 atom stereocenters. The van der Waals surface area contributed by atoms with E-state index in [4.69, 9.17) is 16.3 Å². The molecule has 30 heavy (non-hydrogen) atoms. The van der Waals surface area contributed by atoms with E-state index in [1.165, 1.54) is 0 Å². The third-order valence-corrected chi connectivity index (χ3v) is 4.88. The summed E-state index contributed by atoms with van der Waals surface area (Å²) < 4.78 is 5.79. The van der Waals surface area contributed by atoms with Crippen molar-refractivity contribution < 1.29 is 14.3 Å². The van der Waals surface area contributed by atoms with Gasteiger partial charge in [0.1, 0.15) is 5.75 Å². The van der Waals surface area contributed by atoms with Crippen LogP contribution in [-0.2, 0) is 17.9 Å². The minimum Gasteiger partial charge on any atom is -0.480 e. The van der Waals surface area contributed by atoms with Crippen LogP contribution in [0, 0.1) is 0 Å². The van der Waals surface area contributed by atoms with Gasteiger partial charge in [0.2, 0.25) is 0 Å². The fraction of sp³-hybridized carbons (Fsp3) is 0.167. The number of carbonyl (C=O) groups is 2. The van der Waals surface area contributed by atoms with Crippen LogP contribution in [0.25, 0.3) is 0 Å². The van der Waals surface area contributed by atoms with Crippen molar-refractivity contribution in [2.24, 2.45) is 0 Å². The highest BCUT2D eigenvalue weighted by molar-refractivity contribution is 6.31. The molecule has 2 amide bonds. The standard InChI is InChI=1S/C24H23ClN2O3/c1-17(23(28)27-16-19-11-5-7-13-21(19)25)30-22-14-8-6-12-20(22)24(29)26-15-18-9-3-2-4-10-18/h2-14,17H,15-16H2,1H3,(H,26,29)(H,27,28)/t17-/m1/s1. The Morgan fingerprint density at radius 2 is 1.53 bits per heavy atom. The summed E-state index contributed by atoms with van der Waals surface area (Å²) in [6, 6.07) is 23.8. The Balaban J connectivity index is 1.59. The van der Waals surface area contributed by atoms with E-state index in [2.05, 4.69) is 10.6 Å². The van der Waals surface area contributed by atoms with Gasteiger partial charge in [0.05, 0.1) is 5.56 Å². The summed E-state index contributed by atoms with van der Waals surface area (Å²) in [4.78, 5) is 25.1. The third kappa shape index (κ3) is 5.84. The Morgan fingerprint density at radius 1 is 0.867 bits per heavy atom. The van der Waals surface area contributed by atoms with Gasteiger partial charge in [-0.25, -0.2) is 0 Å². The number of para-hydroxylation sites is 1. The molecule has 0 unspecified atom stereocenters. The summed E-state index contributed by atoms with van der Waals surface area (Å²) in [6.07, 6.45) is -0.782. The quantitative estimate of drug-likeness (QED) is 0.567. The summed E-state index contributed by atoms with van der Waals surface area (Å²) in [5.41, 5.74) is 2.19. The van der Waals surface area contributed by atoms with Crippen molar-refractivity contribution in [3.63, 3.8) is 0 Å². The molecule has 3 aromatic rings. The molecule has 0 aliphatic carbocycles. The Morgan fingerprint density at radius 3 is 2.30 bits per heavy atom. The first kappa shape index (κ1) is 21.4. The first-order valence-electron chi connectivity index (χ1n) is 9.63. The fourth-order valence-corrected chi connectivity index (χ4v) is 3.04. The smallest absolute Gasteiger partial charge is 0.261 e. The first-order chi connectivity index (χ1) is 14.5. The molecule has 0 spiro atoms. The normalized spacial score (nSPS) is 11.4. The van der Waals surface area contributed by atoms with Crippen molar-refractivity contribution in [1.29, 1.82) is 0 Å². The molecule has 0 radical (unpaired) electrons. The van der Waals surface area contributed by atoms with Gasteiger partial charge in [-0.3, -0.25) is 9.59 Å². The van der Waals surface area contributed by atoms with E-state index >= 15 is 0 Å². The predicted molar refractivity (Wildman–Crippen MR) is 117 cm³/mol. The molecule has 0 aliphatic heterocycles. The van der Waals surface area contributed by atoms with Gasteiger partial charge in [0.25, 0.3) is 11.8 Å². The van der Waals surface area contributed by atoms with Crippen molar-refractivity contribution in [3.8, 4) is 5.75 Å². The van der Waals surface area contributed by atoms with Crippen LogP contribution in [0.5, 0.6) is 5.75 Å². The molecular formula is C24H23ClN2O3. The summed E-state index contributed by atoms with van der Waals surface area (Å²) in [5, 5.41) is 6.27. The van der Waals surface area contributed by atoms with Crippen LogP contribution in [-0.4, -0.2) is 17.9 Å². The number of benzene rings is 3. The van der Waals surface area contributed by atoms with E-state index < -0.39 is 6.10 Å². The Bertz CT molecular complexity index is 1010. The fourth-order valence-electron chi connectivity index (χ4n) is 2.84. The van der Waals surface area contributed by atoms with Crippen LogP contribution in [0.4, 0.5) is 0 Å². The van der Waals surface area contributed by atoms with Crippen molar-refractivity contribution in [2.75, 3.05) is 0 Å². The van der Waals surface area contributed by atoms with Gasteiger partial charge in [0.15, 0.2) is 6.10 Å². The molecule has 0 aliphatic rings. The number of halogens is 1. The molecular weight excluding hydrogens is 400 g/mol.